The van der Waals surface area contributed by atoms with E-state index < -0.39 is 5.97 Å². The summed E-state index contributed by atoms with van der Waals surface area (Å²) in [4.78, 5) is 28.8. The number of nitrogens with zero attached hydrogens (tertiary/aromatic N) is 2. The number of anilines is 2. The summed E-state index contributed by atoms with van der Waals surface area (Å²) in [6.07, 6.45) is 3.51. The fourth-order valence-corrected chi connectivity index (χ4v) is 4.35. The number of nitrogens with one attached hydrogen (secondary N) is 2. The van der Waals surface area contributed by atoms with Crippen LogP contribution in [0, 0.1) is 0 Å². The molecule has 7 nitrogen and oxygen atoms in total. The Bertz CT molecular complexity index is 1490. The molecule has 1 aliphatic rings. The first-order valence-electron chi connectivity index (χ1n) is 10.9. The number of hydrogen-bond donors (Lipinski definition) is 3. The number of aromatic nitrogens is 2. The molecule has 0 saturated heterocycles. The molecule has 0 spiro atoms. The summed E-state index contributed by atoms with van der Waals surface area (Å²) in [5, 5.41) is 16.1. The van der Waals surface area contributed by atoms with Crippen molar-refractivity contribution in [2.45, 2.75) is 6.42 Å². The summed E-state index contributed by atoms with van der Waals surface area (Å²) in [6, 6.07) is 20.2. The van der Waals surface area contributed by atoms with Crippen molar-refractivity contribution in [3.63, 3.8) is 0 Å². The van der Waals surface area contributed by atoms with Crippen LogP contribution in [0.3, 0.4) is 0 Å². The van der Waals surface area contributed by atoms with Gasteiger partial charge >= 0.3 is 5.97 Å². The zero-order valence-electron chi connectivity index (χ0n) is 18.7. The topological polar surface area (TPSA) is 96.3 Å². The molecule has 174 valence electrons. The molecule has 4 aromatic rings. The maximum atomic E-state index is 13.1. The van der Waals surface area contributed by atoms with Gasteiger partial charge in [0.2, 0.25) is 0 Å². The maximum absolute atomic E-state index is 13.1. The van der Waals surface area contributed by atoms with Crippen LogP contribution < -0.4 is 10.6 Å². The van der Waals surface area contributed by atoms with Crippen molar-refractivity contribution >= 4 is 46.1 Å². The molecule has 5 rings (SSSR count). The number of halogens is 1. The molecule has 1 aromatic heterocycles. The Hall–Kier alpha value is -4.36. The van der Waals surface area contributed by atoms with E-state index >= 15 is 0 Å². The van der Waals surface area contributed by atoms with Gasteiger partial charge < -0.3 is 20.3 Å². The SMILES string of the molecule is Cn1ccnc1-c1ccc(NC(=C2C(=O)Nc3cc(Cl)ccc32)c2cccc(CC(=O)O)c2)cc1. The van der Waals surface area contributed by atoms with Gasteiger partial charge in [0.05, 0.1) is 23.4 Å². The van der Waals surface area contributed by atoms with Crippen molar-refractivity contribution in [2.24, 2.45) is 7.05 Å². The number of fused-ring (bicyclic) bond motifs is 1. The van der Waals surface area contributed by atoms with Crippen LogP contribution in [-0.2, 0) is 23.1 Å². The van der Waals surface area contributed by atoms with Gasteiger partial charge in [0.15, 0.2) is 0 Å². The zero-order chi connectivity index (χ0) is 24.5. The maximum Gasteiger partial charge on any atom is 0.307 e. The van der Waals surface area contributed by atoms with E-state index in [2.05, 4.69) is 15.6 Å². The highest BCUT2D eigenvalue weighted by molar-refractivity contribution is 6.38. The van der Waals surface area contributed by atoms with Crippen molar-refractivity contribution in [3.05, 3.63) is 101 Å². The number of carboxylic acids is 1. The summed E-state index contributed by atoms with van der Waals surface area (Å²) in [5.74, 6) is -0.344. The van der Waals surface area contributed by atoms with Crippen LogP contribution in [0.25, 0.3) is 22.7 Å². The quantitative estimate of drug-likeness (QED) is 0.323. The lowest BCUT2D eigenvalue weighted by atomic mass is 9.98. The lowest BCUT2D eigenvalue weighted by molar-refractivity contribution is -0.136. The van der Waals surface area contributed by atoms with E-state index in [4.69, 9.17) is 11.6 Å². The van der Waals surface area contributed by atoms with E-state index in [0.29, 0.717) is 33.1 Å². The van der Waals surface area contributed by atoms with E-state index in [1.807, 2.05) is 48.1 Å². The molecule has 0 unspecified atom stereocenters. The Morgan fingerprint density at radius 1 is 1.11 bits per heavy atom. The zero-order valence-corrected chi connectivity index (χ0v) is 19.5. The average molecular weight is 485 g/mol. The van der Waals surface area contributed by atoms with Crippen molar-refractivity contribution in [2.75, 3.05) is 10.6 Å². The number of carboxylic acid groups (broad SMARTS) is 1. The Balaban J connectivity index is 1.60. The van der Waals surface area contributed by atoms with E-state index in [1.54, 1.807) is 42.6 Å². The number of rotatable bonds is 6. The molecule has 8 heteroatoms. The second-order valence-electron chi connectivity index (χ2n) is 8.23. The number of benzene rings is 3. The number of carbonyl (C=O) groups is 2. The first-order valence-corrected chi connectivity index (χ1v) is 11.3. The first-order chi connectivity index (χ1) is 16.9. The summed E-state index contributed by atoms with van der Waals surface area (Å²) in [7, 11) is 1.93. The van der Waals surface area contributed by atoms with Crippen molar-refractivity contribution < 1.29 is 14.7 Å². The monoisotopic (exact) mass is 484 g/mol. The third-order valence-corrected chi connectivity index (χ3v) is 6.02. The van der Waals surface area contributed by atoms with Gasteiger partial charge in [0, 0.05) is 41.3 Å². The number of aliphatic carboxylic acids is 1. The standard InChI is InChI=1S/C27H21ClN4O3/c1-32-12-11-29-26(32)17-5-8-20(9-6-17)30-25(18-4-2-3-16(13-18)14-23(33)34)24-21-10-7-19(28)15-22(21)31-27(24)35/h2-13,15,30H,14H2,1H3,(H,31,35)(H,33,34). The van der Waals surface area contributed by atoms with Crippen LogP contribution >= 0.6 is 11.6 Å². The van der Waals surface area contributed by atoms with E-state index in [9.17, 15) is 14.7 Å². The summed E-state index contributed by atoms with van der Waals surface area (Å²) >= 11 is 6.14. The third-order valence-electron chi connectivity index (χ3n) is 5.78. The van der Waals surface area contributed by atoms with Gasteiger partial charge in [-0.25, -0.2) is 4.98 Å². The van der Waals surface area contributed by atoms with Crippen molar-refractivity contribution in [1.29, 1.82) is 0 Å². The molecule has 1 aliphatic heterocycles. The number of imidazole rings is 1. The van der Waals surface area contributed by atoms with Crippen LogP contribution in [0.1, 0.15) is 16.7 Å². The van der Waals surface area contributed by atoms with Crippen molar-refractivity contribution in [3.8, 4) is 11.4 Å². The largest absolute Gasteiger partial charge is 0.481 e. The highest BCUT2D eigenvalue weighted by Crippen LogP contribution is 2.39. The lowest BCUT2D eigenvalue weighted by Crippen LogP contribution is -2.10. The number of aryl methyl sites for hydroxylation is 1. The smallest absolute Gasteiger partial charge is 0.307 e. The number of carbonyl (C=O) groups excluding carboxylic acids is 1. The van der Waals surface area contributed by atoms with Crippen molar-refractivity contribution in [1.82, 2.24) is 9.55 Å². The second kappa shape index (κ2) is 9.12. The minimum Gasteiger partial charge on any atom is -0.481 e. The summed E-state index contributed by atoms with van der Waals surface area (Å²) in [5.41, 5.74) is 5.43. The van der Waals surface area contributed by atoms with E-state index in [-0.39, 0.29) is 12.3 Å². The molecule has 3 N–H and O–H groups in total. The lowest BCUT2D eigenvalue weighted by Gasteiger charge is -2.16. The molecule has 0 saturated carbocycles. The van der Waals surface area contributed by atoms with Gasteiger partial charge in [0.25, 0.3) is 5.91 Å². The predicted octanol–water partition coefficient (Wildman–Crippen LogP) is 5.30. The van der Waals surface area contributed by atoms with Crippen LogP contribution in [0.5, 0.6) is 0 Å². The van der Waals surface area contributed by atoms with E-state index in [0.717, 1.165) is 22.6 Å². The predicted molar refractivity (Wildman–Crippen MR) is 137 cm³/mol. The van der Waals surface area contributed by atoms with Crippen LogP contribution in [0.4, 0.5) is 11.4 Å². The minimum atomic E-state index is -0.923. The Morgan fingerprint density at radius 2 is 1.91 bits per heavy atom. The molecule has 1 amide bonds. The molecule has 0 bridgehead atoms. The highest BCUT2D eigenvalue weighted by Gasteiger charge is 2.28. The Labute approximate surface area is 206 Å². The molecule has 0 atom stereocenters. The van der Waals surface area contributed by atoms with Gasteiger partial charge in [-0.05, 0) is 53.6 Å². The molecular weight excluding hydrogens is 464 g/mol. The van der Waals surface area contributed by atoms with Gasteiger partial charge in [-0.2, -0.15) is 0 Å². The Kier molecular flexibility index (Phi) is 5.84. The molecular formula is C27H21ClN4O3. The number of hydrogen-bond acceptors (Lipinski definition) is 4. The fraction of sp³-hybridized carbons (Fsp3) is 0.0741. The molecule has 3 aromatic carbocycles. The fourth-order valence-electron chi connectivity index (χ4n) is 4.17. The summed E-state index contributed by atoms with van der Waals surface area (Å²) < 4.78 is 1.94. The Morgan fingerprint density at radius 3 is 2.63 bits per heavy atom. The number of amides is 1. The normalized spacial score (nSPS) is 13.8. The van der Waals surface area contributed by atoms with Crippen LogP contribution in [0.15, 0.2) is 79.1 Å². The van der Waals surface area contributed by atoms with Crippen LogP contribution in [0.2, 0.25) is 5.02 Å². The first kappa shape index (κ1) is 22.4. The molecule has 0 aliphatic carbocycles. The van der Waals surface area contributed by atoms with Crippen LogP contribution in [-0.4, -0.2) is 26.5 Å². The van der Waals surface area contributed by atoms with Gasteiger partial charge in [-0.3, -0.25) is 9.59 Å². The third kappa shape index (κ3) is 4.54. The highest BCUT2D eigenvalue weighted by atomic mass is 35.5. The minimum absolute atomic E-state index is 0.118. The van der Waals surface area contributed by atoms with E-state index in [1.165, 1.54) is 0 Å². The second-order valence-corrected chi connectivity index (χ2v) is 8.67. The molecule has 0 fully saturated rings. The molecule has 35 heavy (non-hydrogen) atoms. The van der Waals surface area contributed by atoms with Gasteiger partial charge in [0.1, 0.15) is 5.82 Å². The van der Waals surface area contributed by atoms with Gasteiger partial charge in [-0.1, -0.05) is 35.9 Å². The average Bonchev–Trinajstić information content (AvgIpc) is 3.39. The summed E-state index contributed by atoms with van der Waals surface area (Å²) in [6.45, 7) is 0. The molecule has 2 heterocycles. The molecule has 0 radical (unpaired) electrons. The van der Waals surface area contributed by atoms with Gasteiger partial charge in [-0.15, -0.1) is 0 Å².